The molecule has 6 nitrogen and oxygen atoms in total. The van der Waals surface area contributed by atoms with Crippen LogP contribution in [0.5, 0.6) is 0 Å². The molecule has 0 aromatic heterocycles. The largest absolute Gasteiger partial charge is 0.452 e. The second kappa shape index (κ2) is 6.65. The zero-order valence-electron chi connectivity index (χ0n) is 9.42. The van der Waals surface area contributed by atoms with E-state index in [-0.39, 0.29) is 11.3 Å². The van der Waals surface area contributed by atoms with E-state index in [0.717, 1.165) is 11.8 Å². The number of hydrogen-bond donors (Lipinski definition) is 2. The van der Waals surface area contributed by atoms with E-state index in [4.69, 9.17) is 16.2 Å². The van der Waals surface area contributed by atoms with Crippen molar-refractivity contribution in [2.24, 2.45) is 11.5 Å². The van der Waals surface area contributed by atoms with Crippen LogP contribution in [-0.2, 0) is 14.3 Å². The second-order valence-electron chi connectivity index (χ2n) is 3.29. The van der Waals surface area contributed by atoms with Gasteiger partial charge in [0, 0.05) is 4.90 Å². The monoisotopic (exact) mass is 268 g/mol. The molecule has 1 aromatic carbocycles. The van der Waals surface area contributed by atoms with E-state index in [9.17, 15) is 14.4 Å². The van der Waals surface area contributed by atoms with Gasteiger partial charge in [-0.2, -0.15) is 0 Å². The first-order chi connectivity index (χ1) is 8.50. The molecule has 0 saturated carbocycles. The number of hydrogen-bond acceptors (Lipinski definition) is 5. The molecule has 0 aliphatic heterocycles. The summed E-state index contributed by atoms with van der Waals surface area (Å²) < 4.78 is 4.69. The lowest BCUT2D eigenvalue weighted by molar-refractivity contribution is -0.121. The molecule has 2 amide bonds. The van der Waals surface area contributed by atoms with Gasteiger partial charge in [0.25, 0.3) is 5.91 Å². The van der Waals surface area contributed by atoms with Gasteiger partial charge in [0.2, 0.25) is 5.91 Å². The van der Waals surface area contributed by atoms with E-state index in [0.29, 0.717) is 4.90 Å². The van der Waals surface area contributed by atoms with Crippen molar-refractivity contribution in [2.45, 2.75) is 4.90 Å². The van der Waals surface area contributed by atoms with Gasteiger partial charge in [-0.1, -0.05) is 12.1 Å². The molecule has 1 rings (SSSR count). The van der Waals surface area contributed by atoms with Crippen LogP contribution in [0, 0.1) is 0 Å². The Hall–Kier alpha value is -2.02. The number of primary amides is 2. The highest BCUT2D eigenvalue weighted by molar-refractivity contribution is 8.00. The first kappa shape index (κ1) is 14.0. The summed E-state index contributed by atoms with van der Waals surface area (Å²) in [4.78, 5) is 33.4. The van der Waals surface area contributed by atoms with Crippen molar-refractivity contribution in [3.63, 3.8) is 0 Å². The molecule has 0 aliphatic rings. The van der Waals surface area contributed by atoms with Gasteiger partial charge in [-0.05, 0) is 12.1 Å². The number of benzene rings is 1. The number of esters is 1. The Labute approximate surface area is 108 Å². The highest BCUT2D eigenvalue weighted by Crippen LogP contribution is 2.22. The minimum Gasteiger partial charge on any atom is -0.452 e. The first-order valence-electron chi connectivity index (χ1n) is 4.96. The van der Waals surface area contributed by atoms with Crippen molar-refractivity contribution < 1.29 is 19.1 Å². The molecule has 0 fully saturated rings. The van der Waals surface area contributed by atoms with E-state index in [1.54, 1.807) is 18.2 Å². The smallest absolute Gasteiger partial charge is 0.339 e. The van der Waals surface area contributed by atoms with E-state index in [1.807, 2.05) is 0 Å². The summed E-state index contributed by atoms with van der Waals surface area (Å²) in [6, 6.07) is 6.56. The fourth-order valence-corrected chi connectivity index (χ4v) is 1.90. The van der Waals surface area contributed by atoms with E-state index >= 15 is 0 Å². The van der Waals surface area contributed by atoms with E-state index < -0.39 is 24.4 Å². The molecular weight excluding hydrogens is 256 g/mol. The highest BCUT2D eigenvalue weighted by atomic mass is 32.2. The number of amides is 2. The summed E-state index contributed by atoms with van der Waals surface area (Å²) in [5, 5.41) is 0. The first-order valence-corrected chi connectivity index (χ1v) is 5.95. The minimum absolute atomic E-state index is 0.0557. The van der Waals surface area contributed by atoms with Gasteiger partial charge in [0.1, 0.15) is 0 Å². The van der Waals surface area contributed by atoms with Gasteiger partial charge >= 0.3 is 5.97 Å². The average Bonchev–Trinajstić information content (AvgIpc) is 2.33. The molecule has 96 valence electrons. The summed E-state index contributed by atoms with van der Waals surface area (Å²) >= 11 is 1.13. The lowest BCUT2D eigenvalue weighted by atomic mass is 10.2. The third kappa shape index (κ3) is 4.46. The lowest BCUT2D eigenvalue weighted by Crippen LogP contribution is -2.21. The summed E-state index contributed by atoms with van der Waals surface area (Å²) in [6.07, 6.45) is 0. The Morgan fingerprint density at radius 3 is 2.39 bits per heavy atom. The van der Waals surface area contributed by atoms with Crippen molar-refractivity contribution in [3.05, 3.63) is 29.8 Å². The summed E-state index contributed by atoms with van der Waals surface area (Å²) in [6.45, 7) is -0.479. The highest BCUT2D eigenvalue weighted by Gasteiger charge is 2.14. The molecule has 0 saturated heterocycles. The molecule has 0 aliphatic carbocycles. The van der Waals surface area contributed by atoms with Crippen molar-refractivity contribution in [1.82, 2.24) is 0 Å². The number of carbonyl (C=O) groups excluding carboxylic acids is 3. The van der Waals surface area contributed by atoms with Crippen LogP contribution in [0.2, 0.25) is 0 Å². The molecule has 0 atom stereocenters. The van der Waals surface area contributed by atoms with Crippen molar-refractivity contribution >= 4 is 29.5 Å². The van der Waals surface area contributed by atoms with Gasteiger partial charge < -0.3 is 16.2 Å². The van der Waals surface area contributed by atoms with Gasteiger partial charge in [-0.15, -0.1) is 11.8 Å². The Bertz CT molecular complexity index is 476. The standard InChI is InChI=1S/C11H12N2O4S/c12-9(14)5-17-11(16)7-3-1-2-4-8(7)18-6-10(13)15/h1-4H,5-6H2,(H2,12,14)(H2,13,15). The maximum Gasteiger partial charge on any atom is 0.339 e. The maximum absolute atomic E-state index is 11.7. The van der Waals surface area contributed by atoms with E-state index in [1.165, 1.54) is 6.07 Å². The fourth-order valence-electron chi connectivity index (χ4n) is 1.12. The Morgan fingerprint density at radius 2 is 1.78 bits per heavy atom. The molecule has 0 spiro atoms. The zero-order chi connectivity index (χ0) is 13.5. The normalized spacial score (nSPS) is 9.78. The molecule has 4 N–H and O–H groups in total. The summed E-state index contributed by atoms with van der Waals surface area (Å²) in [5.41, 5.74) is 10.2. The minimum atomic E-state index is -0.731. The van der Waals surface area contributed by atoms with Crippen LogP contribution in [0.25, 0.3) is 0 Å². The molecular formula is C11H12N2O4S. The van der Waals surface area contributed by atoms with Gasteiger partial charge in [-0.3, -0.25) is 9.59 Å². The topological polar surface area (TPSA) is 112 Å². The van der Waals surface area contributed by atoms with Crippen LogP contribution < -0.4 is 11.5 Å². The Kier molecular flexibility index (Phi) is 5.19. The van der Waals surface area contributed by atoms with Crippen LogP contribution in [0.4, 0.5) is 0 Å². The summed E-state index contributed by atoms with van der Waals surface area (Å²) in [5.74, 6) is -1.83. The molecule has 18 heavy (non-hydrogen) atoms. The van der Waals surface area contributed by atoms with E-state index in [2.05, 4.69) is 0 Å². The molecule has 1 aromatic rings. The van der Waals surface area contributed by atoms with Crippen LogP contribution in [0.1, 0.15) is 10.4 Å². The molecule has 0 heterocycles. The van der Waals surface area contributed by atoms with Crippen LogP contribution in [0.3, 0.4) is 0 Å². The van der Waals surface area contributed by atoms with Crippen LogP contribution in [0.15, 0.2) is 29.2 Å². The lowest BCUT2D eigenvalue weighted by Gasteiger charge is -2.07. The quantitative estimate of drug-likeness (QED) is 0.553. The molecule has 0 bridgehead atoms. The third-order valence-electron chi connectivity index (χ3n) is 1.82. The number of nitrogens with two attached hydrogens (primary N) is 2. The molecule has 7 heteroatoms. The number of ether oxygens (including phenoxy) is 1. The SMILES string of the molecule is NC(=O)COC(=O)c1ccccc1SCC(N)=O. The molecule has 0 unspecified atom stereocenters. The summed E-state index contributed by atoms with van der Waals surface area (Å²) in [7, 11) is 0. The predicted molar refractivity (Wildman–Crippen MR) is 65.8 cm³/mol. The zero-order valence-corrected chi connectivity index (χ0v) is 10.2. The molecule has 0 radical (unpaired) electrons. The predicted octanol–water partition coefficient (Wildman–Crippen LogP) is -0.0939. The van der Waals surface area contributed by atoms with Gasteiger partial charge in [0.05, 0.1) is 11.3 Å². The van der Waals surface area contributed by atoms with Crippen LogP contribution >= 0.6 is 11.8 Å². The Balaban J connectivity index is 2.77. The average molecular weight is 268 g/mol. The van der Waals surface area contributed by atoms with Gasteiger partial charge in [-0.25, -0.2) is 4.79 Å². The van der Waals surface area contributed by atoms with Crippen molar-refractivity contribution in [3.8, 4) is 0 Å². The maximum atomic E-state index is 11.7. The number of carbonyl (C=O) groups is 3. The van der Waals surface area contributed by atoms with Crippen molar-refractivity contribution in [2.75, 3.05) is 12.4 Å². The van der Waals surface area contributed by atoms with Gasteiger partial charge in [0.15, 0.2) is 6.61 Å². The van der Waals surface area contributed by atoms with Crippen LogP contribution in [-0.4, -0.2) is 30.1 Å². The van der Waals surface area contributed by atoms with Crippen molar-refractivity contribution in [1.29, 1.82) is 0 Å². The second-order valence-corrected chi connectivity index (χ2v) is 4.31. The third-order valence-corrected chi connectivity index (χ3v) is 2.92. The fraction of sp³-hybridized carbons (Fsp3) is 0.182. The number of thioether (sulfide) groups is 1. The Morgan fingerprint density at radius 1 is 1.11 bits per heavy atom. The number of rotatable bonds is 6.